The number of amides is 1. The highest BCUT2D eigenvalue weighted by Crippen LogP contribution is 2.24. The van der Waals surface area contributed by atoms with E-state index in [1.54, 1.807) is 16.9 Å². The van der Waals surface area contributed by atoms with Gasteiger partial charge in [-0.3, -0.25) is 9.69 Å². The van der Waals surface area contributed by atoms with Crippen molar-refractivity contribution >= 4 is 5.91 Å². The smallest absolute Gasteiger partial charge is 0.274 e. The molecular weight excluding hydrogens is 412 g/mol. The summed E-state index contributed by atoms with van der Waals surface area (Å²) in [5.74, 6) is 0.773. The van der Waals surface area contributed by atoms with E-state index in [-0.39, 0.29) is 18.1 Å². The van der Waals surface area contributed by atoms with Crippen molar-refractivity contribution in [3.63, 3.8) is 0 Å². The third-order valence-electron chi connectivity index (χ3n) is 6.26. The molecule has 2 heterocycles. The van der Waals surface area contributed by atoms with Gasteiger partial charge in [0, 0.05) is 38.9 Å². The van der Waals surface area contributed by atoms with Gasteiger partial charge in [-0.1, -0.05) is 57.2 Å². The van der Waals surface area contributed by atoms with Crippen LogP contribution in [0.4, 0.5) is 0 Å². The van der Waals surface area contributed by atoms with Crippen LogP contribution < -0.4 is 4.74 Å². The number of nitrogens with zero attached hydrogens (tertiary/aromatic N) is 4. The van der Waals surface area contributed by atoms with Gasteiger partial charge in [-0.25, -0.2) is 4.68 Å². The second-order valence-corrected chi connectivity index (χ2v) is 9.78. The van der Waals surface area contributed by atoms with Crippen molar-refractivity contribution in [3.05, 3.63) is 83.2 Å². The largest absolute Gasteiger partial charge is 0.471 e. The molecule has 33 heavy (non-hydrogen) atoms. The minimum atomic E-state index is -0.0150. The zero-order valence-corrected chi connectivity index (χ0v) is 20.1. The maximum atomic E-state index is 12.9. The predicted molar refractivity (Wildman–Crippen MR) is 130 cm³/mol. The first-order valence-corrected chi connectivity index (χ1v) is 11.6. The molecule has 4 rings (SSSR count). The van der Waals surface area contributed by atoms with Gasteiger partial charge >= 0.3 is 0 Å². The Morgan fingerprint density at radius 3 is 2.33 bits per heavy atom. The summed E-state index contributed by atoms with van der Waals surface area (Å²) in [7, 11) is 0. The normalized spacial score (nSPS) is 15.0. The standard InChI is InChI=1S/C27H34N4O2/c1-21-7-5-6-8-22(21)19-29-15-17-30(18-16-29)26(32)25-13-14-31(28-25)20-33-24-11-9-23(10-12-24)27(2,3)4/h5-14H,15-20H2,1-4H3. The molecule has 1 amide bonds. The van der Waals surface area contributed by atoms with Crippen LogP contribution in [0, 0.1) is 6.92 Å². The third-order valence-corrected chi connectivity index (χ3v) is 6.26. The molecule has 6 heteroatoms. The van der Waals surface area contributed by atoms with E-state index in [9.17, 15) is 4.79 Å². The molecule has 2 aromatic carbocycles. The van der Waals surface area contributed by atoms with E-state index >= 15 is 0 Å². The Bertz CT molecular complexity index is 1070. The summed E-state index contributed by atoms with van der Waals surface area (Å²) in [4.78, 5) is 17.2. The van der Waals surface area contributed by atoms with Gasteiger partial charge in [0.25, 0.3) is 5.91 Å². The lowest BCUT2D eigenvalue weighted by Gasteiger charge is -2.34. The van der Waals surface area contributed by atoms with E-state index in [1.165, 1.54) is 16.7 Å². The van der Waals surface area contributed by atoms with Crippen LogP contribution in [0.1, 0.15) is 48.0 Å². The van der Waals surface area contributed by atoms with Crippen molar-refractivity contribution < 1.29 is 9.53 Å². The molecular formula is C27H34N4O2. The fourth-order valence-electron chi connectivity index (χ4n) is 4.04. The average Bonchev–Trinajstić information content (AvgIpc) is 3.28. The van der Waals surface area contributed by atoms with Gasteiger partial charge in [0.1, 0.15) is 5.75 Å². The minimum Gasteiger partial charge on any atom is -0.471 e. The molecule has 174 valence electrons. The molecule has 6 nitrogen and oxygen atoms in total. The molecule has 3 aromatic rings. The molecule has 1 aromatic heterocycles. The van der Waals surface area contributed by atoms with Crippen LogP contribution in [0.5, 0.6) is 5.75 Å². The molecule has 0 aliphatic carbocycles. The quantitative estimate of drug-likeness (QED) is 0.560. The van der Waals surface area contributed by atoms with Crippen LogP contribution in [0.3, 0.4) is 0 Å². The van der Waals surface area contributed by atoms with Crippen LogP contribution in [-0.4, -0.2) is 51.7 Å². The SMILES string of the molecule is Cc1ccccc1CN1CCN(C(=O)c2ccn(COc3ccc(C(C)(C)C)cc3)n2)CC1. The Labute approximate surface area is 196 Å². The molecule has 0 N–H and O–H groups in total. The Balaban J connectivity index is 1.27. The zero-order valence-electron chi connectivity index (χ0n) is 20.1. The Morgan fingerprint density at radius 2 is 1.67 bits per heavy atom. The number of benzene rings is 2. The number of carbonyl (C=O) groups excluding carboxylic acids is 1. The van der Waals surface area contributed by atoms with E-state index < -0.39 is 0 Å². The first-order valence-electron chi connectivity index (χ1n) is 11.6. The Kier molecular flexibility index (Phi) is 6.84. The number of hydrogen-bond donors (Lipinski definition) is 0. The van der Waals surface area contributed by atoms with E-state index in [0.717, 1.165) is 25.4 Å². The molecule has 0 atom stereocenters. The van der Waals surface area contributed by atoms with Crippen molar-refractivity contribution in [2.24, 2.45) is 0 Å². The van der Waals surface area contributed by atoms with Gasteiger partial charge in [-0.05, 0) is 47.2 Å². The molecule has 0 bridgehead atoms. The van der Waals surface area contributed by atoms with Gasteiger partial charge in [-0.15, -0.1) is 0 Å². The van der Waals surface area contributed by atoms with Gasteiger partial charge in [0.15, 0.2) is 12.4 Å². The average molecular weight is 447 g/mol. The first-order chi connectivity index (χ1) is 15.8. The maximum Gasteiger partial charge on any atom is 0.274 e. The Morgan fingerprint density at radius 1 is 0.970 bits per heavy atom. The minimum absolute atomic E-state index is 0.0150. The van der Waals surface area contributed by atoms with Crippen molar-refractivity contribution in [2.45, 2.75) is 46.4 Å². The number of hydrogen-bond acceptors (Lipinski definition) is 4. The highest BCUT2D eigenvalue weighted by Gasteiger charge is 2.24. The summed E-state index contributed by atoms with van der Waals surface area (Å²) >= 11 is 0. The molecule has 1 aliphatic heterocycles. The first kappa shape index (κ1) is 23.1. The third kappa shape index (κ3) is 5.82. The van der Waals surface area contributed by atoms with Gasteiger partial charge in [0.05, 0.1) is 0 Å². The summed E-state index contributed by atoms with van der Waals surface area (Å²) in [6.45, 7) is 13.1. The van der Waals surface area contributed by atoms with Gasteiger partial charge in [0.2, 0.25) is 0 Å². The molecule has 0 radical (unpaired) electrons. The van der Waals surface area contributed by atoms with Gasteiger partial charge in [-0.2, -0.15) is 5.10 Å². The Hall–Kier alpha value is -3.12. The van der Waals surface area contributed by atoms with Crippen LogP contribution in [-0.2, 0) is 18.7 Å². The van der Waals surface area contributed by atoms with Crippen molar-refractivity contribution in [3.8, 4) is 5.75 Å². The maximum absolute atomic E-state index is 12.9. The highest BCUT2D eigenvalue weighted by molar-refractivity contribution is 5.92. The monoisotopic (exact) mass is 446 g/mol. The van der Waals surface area contributed by atoms with E-state index in [2.05, 4.69) is 74.1 Å². The number of aromatic nitrogens is 2. The van der Waals surface area contributed by atoms with Crippen LogP contribution >= 0.6 is 0 Å². The molecule has 1 fully saturated rings. The van der Waals surface area contributed by atoms with Crippen molar-refractivity contribution in [1.29, 1.82) is 0 Å². The number of rotatable bonds is 6. The number of piperazine rings is 1. The number of ether oxygens (including phenoxy) is 1. The molecule has 0 unspecified atom stereocenters. The van der Waals surface area contributed by atoms with E-state index in [4.69, 9.17) is 4.74 Å². The van der Waals surface area contributed by atoms with Crippen LogP contribution in [0.2, 0.25) is 0 Å². The zero-order chi connectivity index (χ0) is 23.4. The summed E-state index contributed by atoms with van der Waals surface area (Å²) in [6.07, 6.45) is 1.80. The molecule has 0 spiro atoms. The summed E-state index contributed by atoms with van der Waals surface area (Å²) < 4.78 is 7.51. The highest BCUT2D eigenvalue weighted by atomic mass is 16.5. The van der Waals surface area contributed by atoms with Crippen molar-refractivity contribution in [2.75, 3.05) is 26.2 Å². The fourth-order valence-corrected chi connectivity index (χ4v) is 4.04. The van der Waals surface area contributed by atoms with E-state index in [0.29, 0.717) is 18.8 Å². The topological polar surface area (TPSA) is 50.6 Å². The molecule has 0 saturated carbocycles. The molecule has 1 aliphatic rings. The van der Waals surface area contributed by atoms with Gasteiger partial charge < -0.3 is 9.64 Å². The lowest BCUT2D eigenvalue weighted by molar-refractivity contribution is 0.0620. The number of carbonyl (C=O) groups is 1. The van der Waals surface area contributed by atoms with Crippen LogP contribution in [0.15, 0.2) is 60.8 Å². The predicted octanol–water partition coefficient (Wildman–Crippen LogP) is 4.48. The lowest BCUT2D eigenvalue weighted by Crippen LogP contribution is -2.48. The number of aryl methyl sites for hydroxylation is 1. The lowest BCUT2D eigenvalue weighted by atomic mass is 9.87. The summed E-state index contributed by atoms with van der Waals surface area (Å²) in [6, 6.07) is 18.4. The molecule has 1 saturated heterocycles. The van der Waals surface area contributed by atoms with Crippen molar-refractivity contribution in [1.82, 2.24) is 19.6 Å². The second-order valence-electron chi connectivity index (χ2n) is 9.78. The van der Waals surface area contributed by atoms with E-state index in [1.807, 2.05) is 17.0 Å². The van der Waals surface area contributed by atoms with Crippen LogP contribution in [0.25, 0.3) is 0 Å². The fraction of sp³-hybridized carbons (Fsp3) is 0.407. The second kappa shape index (κ2) is 9.79. The summed E-state index contributed by atoms with van der Waals surface area (Å²) in [5.41, 5.74) is 4.51. The summed E-state index contributed by atoms with van der Waals surface area (Å²) in [5, 5.41) is 4.44.